The number of nitrogens with zero attached hydrogens (tertiary/aromatic N) is 1. The quantitative estimate of drug-likeness (QED) is 0.645. The summed E-state index contributed by atoms with van der Waals surface area (Å²) in [6.45, 7) is 2.00. The van der Waals surface area contributed by atoms with Gasteiger partial charge in [-0.2, -0.15) is 5.10 Å². The molecule has 0 heterocycles. The lowest BCUT2D eigenvalue weighted by atomic mass is 10.1. The highest BCUT2D eigenvalue weighted by molar-refractivity contribution is 6.01. The highest BCUT2D eigenvalue weighted by atomic mass is 16.2. The van der Waals surface area contributed by atoms with Crippen LogP contribution in [0.5, 0.6) is 0 Å². The summed E-state index contributed by atoms with van der Waals surface area (Å²) < 4.78 is 0. The molecule has 4 nitrogen and oxygen atoms in total. The minimum atomic E-state index is -0.349. The van der Waals surface area contributed by atoms with Crippen molar-refractivity contribution in [3.63, 3.8) is 0 Å². The summed E-state index contributed by atoms with van der Waals surface area (Å²) in [6.07, 6.45) is 0.746. The van der Waals surface area contributed by atoms with Crippen LogP contribution in [0.2, 0.25) is 0 Å². The molecule has 4 heteroatoms. The molecule has 0 saturated carbocycles. The number of hydrogen-bond acceptors (Lipinski definition) is 2. The molecule has 2 amide bonds. The zero-order valence-electron chi connectivity index (χ0n) is 11.3. The largest absolute Gasteiger partial charge is 0.339 e. The average molecular weight is 267 g/mol. The SMILES string of the molecule is CC/C(=N/NC(=O)Nc1ccccc1)c1ccccc1. The Kier molecular flexibility index (Phi) is 4.89. The van der Waals surface area contributed by atoms with Gasteiger partial charge < -0.3 is 5.32 Å². The van der Waals surface area contributed by atoms with Crippen LogP contribution < -0.4 is 10.7 Å². The molecule has 0 radical (unpaired) electrons. The van der Waals surface area contributed by atoms with Crippen LogP contribution in [-0.2, 0) is 0 Å². The summed E-state index contributed by atoms with van der Waals surface area (Å²) in [7, 11) is 0. The van der Waals surface area contributed by atoms with Gasteiger partial charge in [-0.15, -0.1) is 0 Å². The van der Waals surface area contributed by atoms with E-state index in [2.05, 4.69) is 15.8 Å². The summed E-state index contributed by atoms with van der Waals surface area (Å²) in [5.41, 5.74) is 5.10. The van der Waals surface area contributed by atoms with Gasteiger partial charge in [0, 0.05) is 5.69 Å². The van der Waals surface area contributed by atoms with Gasteiger partial charge in [0.25, 0.3) is 0 Å². The maximum Gasteiger partial charge on any atom is 0.339 e. The fourth-order valence-electron chi connectivity index (χ4n) is 1.78. The predicted octanol–water partition coefficient (Wildman–Crippen LogP) is 3.62. The summed E-state index contributed by atoms with van der Waals surface area (Å²) in [5.74, 6) is 0. The van der Waals surface area contributed by atoms with Crippen molar-refractivity contribution in [1.29, 1.82) is 0 Å². The van der Waals surface area contributed by atoms with Gasteiger partial charge in [0.05, 0.1) is 5.71 Å². The number of benzene rings is 2. The summed E-state index contributed by atoms with van der Waals surface area (Å²) >= 11 is 0. The van der Waals surface area contributed by atoms with Crippen LogP contribution in [0.4, 0.5) is 10.5 Å². The molecule has 0 saturated heterocycles. The van der Waals surface area contributed by atoms with Gasteiger partial charge in [0.1, 0.15) is 0 Å². The number of rotatable bonds is 4. The molecule has 0 aromatic heterocycles. The number of amides is 2. The Balaban J connectivity index is 1.99. The Bertz CT molecular complexity index is 579. The third kappa shape index (κ3) is 3.95. The van der Waals surface area contributed by atoms with Crippen molar-refractivity contribution >= 4 is 17.4 Å². The maximum atomic E-state index is 11.7. The first-order valence-electron chi connectivity index (χ1n) is 6.53. The molecule has 102 valence electrons. The van der Waals surface area contributed by atoms with E-state index in [0.29, 0.717) is 0 Å². The Morgan fingerprint density at radius 1 is 1.00 bits per heavy atom. The second kappa shape index (κ2) is 7.09. The molecule has 20 heavy (non-hydrogen) atoms. The first-order valence-corrected chi connectivity index (χ1v) is 6.53. The Morgan fingerprint density at radius 3 is 2.20 bits per heavy atom. The van der Waals surface area contributed by atoms with Crippen molar-refractivity contribution in [3.05, 3.63) is 66.2 Å². The minimum absolute atomic E-state index is 0.349. The molecule has 2 rings (SSSR count). The van der Waals surface area contributed by atoms with Crippen LogP contribution in [0.3, 0.4) is 0 Å². The Hall–Kier alpha value is -2.62. The molecule has 0 atom stereocenters. The summed E-state index contributed by atoms with van der Waals surface area (Å²) in [4.78, 5) is 11.7. The normalized spacial score (nSPS) is 10.9. The van der Waals surface area contributed by atoms with Gasteiger partial charge in [-0.1, -0.05) is 55.5 Å². The zero-order valence-corrected chi connectivity index (χ0v) is 11.3. The highest BCUT2D eigenvalue weighted by Crippen LogP contribution is 2.05. The van der Waals surface area contributed by atoms with Crippen LogP contribution in [0.1, 0.15) is 18.9 Å². The van der Waals surface area contributed by atoms with Gasteiger partial charge >= 0.3 is 6.03 Å². The first kappa shape index (κ1) is 13.8. The Labute approximate surface area is 118 Å². The third-order valence-corrected chi connectivity index (χ3v) is 2.77. The van der Waals surface area contributed by atoms with Gasteiger partial charge in [-0.25, -0.2) is 10.2 Å². The number of hydrogen-bond donors (Lipinski definition) is 2. The van der Waals surface area contributed by atoms with Crippen molar-refractivity contribution in [3.8, 4) is 0 Å². The van der Waals surface area contributed by atoms with Crippen LogP contribution >= 0.6 is 0 Å². The standard InChI is InChI=1S/C16H17N3O/c1-2-15(13-9-5-3-6-10-13)18-19-16(20)17-14-11-7-4-8-12-14/h3-12H,2H2,1H3,(H2,17,19,20)/b18-15-. The molecule has 2 aromatic rings. The molecule has 0 unspecified atom stereocenters. The van der Waals surface area contributed by atoms with Gasteiger partial charge in [-0.05, 0) is 24.1 Å². The highest BCUT2D eigenvalue weighted by Gasteiger charge is 2.03. The van der Waals surface area contributed by atoms with Crippen molar-refractivity contribution < 1.29 is 4.79 Å². The van der Waals surface area contributed by atoms with E-state index in [9.17, 15) is 4.79 Å². The lowest BCUT2D eigenvalue weighted by molar-refractivity contribution is 0.252. The molecule has 0 aliphatic carbocycles. The van der Waals surface area contributed by atoms with Crippen molar-refractivity contribution in [2.75, 3.05) is 5.32 Å². The van der Waals surface area contributed by atoms with Gasteiger partial charge in [0.15, 0.2) is 0 Å². The van der Waals surface area contributed by atoms with Crippen molar-refractivity contribution in [1.82, 2.24) is 5.43 Å². The van der Waals surface area contributed by atoms with Crippen molar-refractivity contribution in [2.24, 2.45) is 5.10 Å². The lowest BCUT2D eigenvalue weighted by Crippen LogP contribution is -2.25. The van der Waals surface area contributed by atoms with Crippen LogP contribution in [0.15, 0.2) is 65.8 Å². The number of carbonyl (C=O) groups excluding carboxylic acids is 1. The maximum absolute atomic E-state index is 11.7. The monoisotopic (exact) mass is 267 g/mol. The molecule has 0 bridgehead atoms. The summed E-state index contributed by atoms with van der Waals surface area (Å²) in [6, 6.07) is 18.7. The first-order chi connectivity index (χ1) is 9.79. The van der Waals surface area contributed by atoms with E-state index in [0.717, 1.165) is 23.4 Å². The van der Waals surface area contributed by atoms with Crippen LogP contribution in [0, 0.1) is 0 Å². The number of anilines is 1. The fourth-order valence-corrected chi connectivity index (χ4v) is 1.78. The van der Waals surface area contributed by atoms with Crippen LogP contribution in [-0.4, -0.2) is 11.7 Å². The van der Waals surface area contributed by atoms with E-state index in [-0.39, 0.29) is 6.03 Å². The second-order valence-corrected chi connectivity index (χ2v) is 4.21. The lowest BCUT2D eigenvalue weighted by Gasteiger charge is -2.06. The topological polar surface area (TPSA) is 53.5 Å². The molecule has 0 aliphatic heterocycles. The molecule has 2 aromatic carbocycles. The van der Waals surface area contributed by atoms with Gasteiger partial charge in [0.2, 0.25) is 0 Å². The number of carbonyl (C=O) groups is 1. The summed E-state index contributed by atoms with van der Waals surface area (Å²) in [5, 5.41) is 6.88. The molecule has 0 spiro atoms. The fraction of sp³-hybridized carbons (Fsp3) is 0.125. The van der Waals surface area contributed by atoms with E-state index < -0.39 is 0 Å². The average Bonchev–Trinajstić information content (AvgIpc) is 2.50. The van der Waals surface area contributed by atoms with E-state index >= 15 is 0 Å². The molecule has 0 fully saturated rings. The predicted molar refractivity (Wildman–Crippen MR) is 81.9 cm³/mol. The smallest absolute Gasteiger partial charge is 0.307 e. The molecular weight excluding hydrogens is 250 g/mol. The number of urea groups is 1. The second-order valence-electron chi connectivity index (χ2n) is 4.21. The Morgan fingerprint density at radius 2 is 1.60 bits per heavy atom. The number of nitrogens with one attached hydrogen (secondary N) is 2. The van der Waals surface area contributed by atoms with Crippen molar-refractivity contribution in [2.45, 2.75) is 13.3 Å². The van der Waals surface area contributed by atoms with E-state index in [1.807, 2.05) is 67.6 Å². The minimum Gasteiger partial charge on any atom is -0.307 e. The van der Waals surface area contributed by atoms with Crippen LogP contribution in [0.25, 0.3) is 0 Å². The molecule has 2 N–H and O–H groups in total. The molecular formula is C16H17N3O. The van der Waals surface area contributed by atoms with Gasteiger partial charge in [-0.3, -0.25) is 0 Å². The van der Waals surface area contributed by atoms with E-state index in [1.165, 1.54) is 0 Å². The molecule has 0 aliphatic rings. The van der Waals surface area contributed by atoms with E-state index in [4.69, 9.17) is 0 Å². The third-order valence-electron chi connectivity index (χ3n) is 2.77. The number of para-hydroxylation sites is 1. The number of hydrazone groups is 1. The zero-order chi connectivity index (χ0) is 14.2. The van der Waals surface area contributed by atoms with E-state index in [1.54, 1.807) is 0 Å².